The summed E-state index contributed by atoms with van der Waals surface area (Å²) in [7, 11) is 1.20. The van der Waals surface area contributed by atoms with Crippen molar-refractivity contribution in [3.8, 4) is 11.8 Å². The maximum atomic E-state index is 12.9. The Morgan fingerprint density at radius 2 is 1.93 bits per heavy atom. The summed E-state index contributed by atoms with van der Waals surface area (Å²) >= 11 is 5.89. The number of halogens is 4. The van der Waals surface area contributed by atoms with Crippen molar-refractivity contribution in [3.63, 3.8) is 0 Å². The highest BCUT2D eigenvalue weighted by Gasteiger charge is 2.32. The molecule has 1 heterocycles. The van der Waals surface area contributed by atoms with Crippen LogP contribution >= 0.6 is 11.6 Å². The SMILES string of the molecule is COc1cc(C(F)(F)F)cc(OCCCCNC(=O)c2cc([N+](=O)[O-])ccc2Cl)n1. The molecular weight excluding hydrogens is 431 g/mol. The number of methoxy groups -OCH3 is 1. The fraction of sp³-hybridized carbons (Fsp3) is 0.333. The van der Waals surface area contributed by atoms with E-state index in [1.54, 1.807) is 0 Å². The third-order valence-electron chi connectivity index (χ3n) is 3.83. The lowest BCUT2D eigenvalue weighted by Crippen LogP contribution is -2.25. The van der Waals surface area contributed by atoms with E-state index in [0.717, 1.165) is 18.2 Å². The number of rotatable bonds is 9. The molecule has 1 N–H and O–H groups in total. The molecule has 0 atom stereocenters. The lowest BCUT2D eigenvalue weighted by molar-refractivity contribution is -0.384. The average Bonchev–Trinajstić information content (AvgIpc) is 2.69. The van der Waals surface area contributed by atoms with Crippen molar-refractivity contribution < 1.29 is 32.4 Å². The Kier molecular flexibility index (Phi) is 7.81. The van der Waals surface area contributed by atoms with Gasteiger partial charge in [-0.05, 0) is 18.9 Å². The number of nitrogens with one attached hydrogen (secondary N) is 1. The zero-order valence-electron chi connectivity index (χ0n) is 15.7. The van der Waals surface area contributed by atoms with E-state index in [1.807, 2.05) is 0 Å². The number of unbranched alkanes of at least 4 members (excludes halogenated alkanes) is 1. The van der Waals surface area contributed by atoms with Gasteiger partial charge in [-0.3, -0.25) is 14.9 Å². The van der Waals surface area contributed by atoms with Crippen molar-refractivity contribution in [1.82, 2.24) is 10.3 Å². The van der Waals surface area contributed by atoms with Crippen LogP contribution in [0.25, 0.3) is 0 Å². The zero-order valence-corrected chi connectivity index (χ0v) is 16.4. The van der Waals surface area contributed by atoms with Crippen LogP contribution in [0.4, 0.5) is 18.9 Å². The molecule has 0 radical (unpaired) electrons. The largest absolute Gasteiger partial charge is 0.481 e. The molecule has 30 heavy (non-hydrogen) atoms. The number of non-ortho nitro benzene ring substituents is 1. The first-order valence-electron chi connectivity index (χ1n) is 8.60. The number of ether oxygens (including phenoxy) is 2. The van der Waals surface area contributed by atoms with Gasteiger partial charge in [0.15, 0.2) is 0 Å². The van der Waals surface area contributed by atoms with Crippen molar-refractivity contribution in [1.29, 1.82) is 0 Å². The predicted octanol–water partition coefficient (Wildman–Crippen LogP) is 4.26. The number of benzene rings is 1. The van der Waals surface area contributed by atoms with Crippen LogP contribution in [0.5, 0.6) is 11.8 Å². The van der Waals surface area contributed by atoms with Gasteiger partial charge in [-0.1, -0.05) is 11.6 Å². The van der Waals surface area contributed by atoms with E-state index in [1.165, 1.54) is 19.2 Å². The van der Waals surface area contributed by atoms with Gasteiger partial charge in [0.2, 0.25) is 11.8 Å². The molecule has 0 bridgehead atoms. The van der Waals surface area contributed by atoms with Crippen LogP contribution < -0.4 is 14.8 Å². The van der Waals surface area contributed by atoms with Crippen LogP contribution in [0, 0.1) is 10.1 Å². The smallest absolute Gasteiger partial charge is 0.416 e. The normalized spacial score (nSPS) is 11.1. The molecule has 8 nitrogen and oxygen atoms in total. The van der Waals surface area contributed by atoms with E-state index in [4.69, 9.17) is 21.1 Å². The molecular formula is C18H17ClF3N3O5. The Morgan fingerprint density at radius 3 is 2.57 bits per heavy atom. The number of nitro groups is 1. The average molecular weight is 448 g/mol. The fourth-order valence-corrected chi connectivity index (χ4v) is 2.53. The van der Waals surface area contributed by atoms with Crippen LogP contribution in [0.2, 0.25) is 5.02 Å². The molecule has 1 amide bonds. The Labute approximate surface area is 174 Å². The molecule has 0 spiro atoms. The summed E-state index contributed by atoms with van der Waals surface area (Å²) in [5.74, 6) is -1.02. The lowest BCUT2D eigenvalue weighted by Gasteiger charge is -2.11. The van der Waals surface area contributed by atoms with Gasteiger partial charge in [-0.15, -0.1) is 0 Å². The molecule has 0 unspecified atom stereocenters. The number of aromatic nitrogens is 1. The summed E-state index contributed by atoms with van der Waals surface area (Å²) in [6, 6.07) is 5.07. The summed E-state index contributed by atoms with van der Waals surface area (Å²) < 4.78 is 48.6. The van der Waals surface area contributed by atoms with E-state index in [2.05, 4.69) is 10.3 Å². The van der Waals surface area contributed by atoms with Gasteiger partial charge in [0.25, 0.3) is 11.6 Å². The molecule has 0 aliphatic heterocycles. The minimum atomic E-state index is -4.56. The second kappa shape index (κ2) is 10.1. The molecule has 2 aromatic rings. The van der Waals surface area contributed by atoms with Crippen LogP contribution in [0.1, 0.15) is 28.8 Å². The minimum Gasteiger partial charge on any atom is -0.481 e. The van der Waals surface area contributed by atoms with Crippen LogP contribution in [-0.2, 0) is 6.18 Å². The van der Waals surface area contributed by atoms with Crippen molar-refractivity contribution in [2.24, 2.45) is 0 Å². The van der Waals surface area contributed by atoms with Gasteiger partial charge in [0.1, 0.15) is 0 Å². The summed E-state index contributed by atoms with van der Waals surface area (Å²) in [6.45, 7) is 0.269. The maximum absolute atomic E-state index is 12.9. The fourth-order valence-electron chi connectivity index (χ4n) is 2.32. The maximum Gasteiger partial charge on any atom is 0.416 e. The highest BCUT2D eigenvalue weighted by atomic mass is 35.5. The number of nitrogens with zero attached hydrogens (tertiary/aromatic N) is 2. The minimum absolute atomic E-state index is 0.0256. The number of hydrogen-bond donors (Lipinski definition) is 1. The molecule has 0 aliphatic carbocycles. The monoisotopic (exact) mass is 447 g/mol. The Bertz CT molecular complexity index is 924. The number of carbonyl (C=O) groups excluding carboxylic acids is 1. The van der Waals surface area contributed by atoms with Crippen molar-refractivity contribution >= 4 is 23.2 Å². The molecule has 1 aromatic heterocycles. The molecule has 2 rings (SSSR count). The van der Waals surface area contributed by atoms with Crippen molar-refractivity contribution in [3.05, 3.63) is 56.6 Å². The van der Waals surface area contributed by atoms with E-state index in [0.29, 0.717) is 12.8 Å². The zero-order chi connectivity index (χ0) is 22.3. The van der Waals surface area contributed by atoms with E-state index < -0.39 is 22.6 Å². The standard InChI is InChI=1S/C18H17ClF3N3O5/c1-29-15-8-11(18(20,21)22)9-16(24-15)30-7-3-2-6-23-17(26)13-10-12(25(27)28)4-5-14(13)19/h4-5,8-10H,2-3,6-7H2,1H3,(H,23,26). The first kappa shape index (κ1) is 23.2. The molecule has 0 saturated carbocycles. The van der Waals surface area contributed by atoms with E-state index in [9.17, 15) is 28.1 Å². The number of amides is 1. The summed E-state index contributed by atoms with van der Waals surface area (Å²) in [5, 5.41) is 13.4. The summed E-state index contributed by atoms with van der Waals surface area (Å²) in [5.41, 5.74) is -1.23. The molecule has 0 aliphatic rings. The van der Waals surface area contributed by atoms with Crippen LogP contribution in [0.3, 0.4) is 0 Å². The topological polar surface area (TPSA) is 104 Å². The number of hydrogen-bond acceptors (Lipinski definition) is 6. The molecule has 12 heteroatoms. The van der Waals surface area contributed by atoms with Crippen LogP contribution in [0.15, 0.2) is 30.3 Å². The predicted molar refractivity (Wildman–Crippen MR) is 101 cm³/mol. The van der Waals surface area contributed by atoms with E-state index in [-0.39, 0.29) is 41.2 Å². The third-order valence-corrected chi connectivity index (χ3v) is 4.16. The Hall–Kier alpha value is -3.08. The molecule has 0 saturated heterocycles. The number of alkyl halides is 3. The molecule has 162 valence electrons. The number of nitro benzene ring substituents is 1. The molecule has 1 aromatic carbocycles. The van der Waals surface area contributed by atoms with Gasteiger partial charge in [0.05, 0.1) is 34.8 Å². The Balaban J connectivity index is 1.82. The summed E-state index contributed by atoms with van der Waals surface area (Å²) in [6.07, 6.45) is -3.72. The van der Waals surface area contributed by atoms with Gasteiger partial charge in [-0.2, -0.15) is 18.2 Å². The second-order valence-electron chi connectivity index (χ2n) is 5.97. The van der Waals surface area contributed by atoms with Gasteiger partial charge in [-0.25, -0.2) is 0 Å². The van der Waals surface area contributed by atoms with E-state index >= 15 is 0 Å². The van der Waals surface area contributed by atoms with Crippen molar-refractivity contribution in [2.45, 2.75) is 19.0 Å². The highest BCUT2D eigenvalue weighted by Crippen LogP contribution is 2.33. The van der Waals surface area contributed by atoms with Gasteiger partial charge in [0, 0.05) is 30.8 Å². The lowest BCUT2D eigenvalue weighted by atomic mass is 10.2. The first-order valence-corrected chi connectivity index (χ1v) is 8.98. The first-order chi connectivity index (χ1) is 14.1. The Morgan fingerprint density at radius 1 is 1.23 bits per heavy atom. The highest BCUT2D eigenvalue weighted by molar-refractivity contribution is 6.33. The summed E-state index contributed by atoms with van der Waals surface area (Å²) in [4.78, 5) is 26.1. The third kappa shape index (κ3) is 6.48. The number of pyridine rings is 1. The van der Waals surface area contributed by atoms with Crippen molar-refractivity contribution in [2.75, 3.05) is 20.3 Å². The second-order valence-corrected chi connectivity index (χ2v) is 6.37. The van der Waals surface area contributed by atoms with Gasteiger partial charge < -0.3 is 14.8 Å². The molecule has 0 fully saturated rings. The van der Waals surface area contributed by atoms with Crippen LogP contribution in [-0.4, -0.2) is 36.1 Å². The van der Waals surface area contributed by atoms with Gasteiger partial charge >= 0.3 is 6.18 Å². The number of carbonyl (C=O) groups is 1. The quantitative estimate of drug-likeness (QED) is 0.350.